The van der Waals surface area contributed by atoms with E-state index in [0.29, 0.717) is 11.3 Å². The summed E-state index contributed by atoms with van der Waals surface area (Å²) in [6, 6.07) is 8.20. The van der Waals surface area contributed by atoms with Crippen LogP contribution in [0.4, 0.5) is 10.5 Å². The van der Waals surface area contributed by atoms with Crippen molar-refractivity contribution in [2.75, 3.05) is 5.32 Å². The highest BCUT2D eigenvalue weighted by molar-refractivity contribution is 7.10. The summed E-state index contributed by atoms with van der Waals surface area (Å²) in [5.41, 5.74) is 1.29. The molecule has 1 heterocycles. The van der Waals surface area contributed by atoms with Gasteiger partial charge in [-0.15, -0.1) is 11.3 Å². The number of rotatable bonds is 4. The molecule has 0 aliphatic carbocycles. The molecule has 0 saturated carbocycles. The molecule has 0 saturated heterocycles. The van der Waals surface area contributed by atoms with Crippen LogP contribution in [-0.2, 0) is 0 Å². The zero-order valence-electron chi connectivity index (χ0n) is 11.7. The number of urea groups is 1. The van der Waals surface area contributed by atoms with Crippen LogP contribution in [0, 0.1) is 6.92 Å². The van der Waals surface area contributed by atoms with Crippen molar-refractivity contribution in [2.45, 2.75) is 19.9 Å². The Labute approximate surface area is 126 Å². The molecule has 0 aliphatic heterocycles. The third-order valence-electron chi connectivity index (χ3n) is 3.04. The third-order valence-corrected chi connectivity index (χ3v) is 4.10. The van der Waals surface area contributed by atoms with Gasteiger partial charge >= 0.3 is 12.0 Å². The molecule has 2 rings (SSSR count). The van der Waals surface area contributed by atoms with E-state index in [1.54, 1.807) is 30.4 Å². The Bertz CT molecular complexity index is 653. The molecule has 0 spiro atoms. The standard InChI is InChI=1S/C15H16N2O3S/c1-9-5-6-11(8-12(9)14(18)19)17-15(20)16-10(2)13-4-3-7-21-13/h3-8,10H,1-2H3,(H,18,19)(H2,16,17,20). The lowest BCUT2D eigenvalue weighted by Crippen LogP contribution is -2.30. The van der Waals surface area contributed by atoms with Gasteiger partial charge in [-0.05, 0) is 43.0 Å². The van der Waals surface area contributed by atoms with Crippen LogP contribution in [0.25, 0.3) is 0 Å². The average Bonchev–Trinajstić information content (AvgIpc) is 2.94. The molecular weight excluding hydrogens is 288 g/mol. The van der Waals surface area contributed by atoms with Crippen LogP contribution in [0.15, 0.2) is 35.7 Å². The first-order valence-electron chi connectivity index (χ1n) is 6.42. The number of anilines is 1. The Morgan fingerprint density at radius 3 is 2.67 bits per heavy atom. The number of aromatic carboxylic acids is 1. The summed E-state index contributed by atoms with van der Waals surface area (Å²) in [6.45, 7) is 3.61. The fourth-order valence-corrected chi connectivity index (χ4v) is 2.64. The van der Waals surface area contributed by atoms with Crippen molar-refractivity contribution in [3.63, 3.8) is 0 Å². The number of hydrogen-bond acceptors (Lipinski definition) is 3. The van der Waals surface area contributed by atoms with Gasteiger partial charge in [0.05, 0.1) is 11.6 Å². The molecule has 1 aromatic carbocycles. The Morgan fingerprint density at radius 2 is 2.05 bits per heavy atom. The number of hydrogen-bond donors (Lipinski definition) is 3. The van der Waals surface area contributed by atoms with Crippen molar-refractivity contribution in [1.82, 2.24) is 5.32 Å². The summed E-state index contributed by atoms with van der Waals surface area (Å²) < 4.78 is 0. The van der Waals surface area contributed by atoms with Crippen molar-refractivity contribution in [3.8, 4) is 0 Å². The minimum absolute atomic E-state index is 0.102. The van der Waals surface area contributed by atoms with E-state index in [2.05, 4.69) is 10.6 Å². The topological polar surface area (TPSA) is 78.4 Å². The van der Waals surface area contributed by atoms with E-state index in [1.807, 2.05) is 24.4 Å². The number of nitrogens with one attached hydrogen (secondary N) is 2. The van der Waals surface area contributed by atoms with E-state index < -0.39 is 5.97 Å². The zero-order valence-corrected chi connectivity index (χ0v) is 12.5. The molecule has 6 heteroatoms. The van der Waals surface area contributed by atoms with Crippen LogP contribution in [-0.4, -0.2) is 17.1 Å². The fraction of sp³-hybridized carbons (Fsp3) is 0.200. The first kappa shape index (κ1) is 15.1. The second-order valence-electron chi connectivity index (χ2n) is 4.67. The molecule has 2 amide bonds. The van der Waals surface area contributed by atoms with Crippen LogP contribution in [0.2, 0.25) is 0 Å². The summed E-state index contributed by atoms with van der Waals surface area (Å²) in [7, 11) is 0. The molecule has 2 aromatic rings. The van der Waals surface area contributed by atoms with Gasteiger partial charge in [-0.2, -0.15) is 0 Å². The zero-order chi connectivity index (χ0) is 15.4. The number of carbonyl (C=O) groups is 2. The minimum atomic E-state index is -1.01. The highest BCUT2D eigenvalue weighted by Crippen LogP contribution is 2.19. The predicted octanol–water partition coefficient (Wildman–Crippen LogP) is 3.64. The van der Waals surface area contributed by atoms with Crippen molar-refractivity contribution in [3.05, 3.63) is 51.7 Å². The number of carbonyl (C=O) groups excluding carboxylic acids is 1. The summed E-state index contributed by atoms with van der Waals surface area (Å²) in [6.07, 6.45) is 0. The maximum atomic E-state index is 11.9. The second kappa shape index (κ2) is 6.41. The van der Waals surface area contributed by atoms with Crippen LogP contribution >= 0.6 is 11.3 Å². The highest BCUT2D eigenvalue weighted by Gasteiger charge is 2.12. The molecule has 0 fully saturated rings. The number of aryl methyl sites for hydroxylation is 1. The van der Waals surface area contributed by atoms with Gasteiger partial charge in [0.1, 0.15) is 0 Å². The van der Waals surface area contributed by atoms with E-state index >= 15 is 0 Å². The molecule has 3 N–H and O–H groups in total. The van der Waals surface area contributed by atoms with Gasteiger partial charge in [-0.25, -0.2) is 9.59 Å². The second-order valence-corrected chi connectivity index (χ2v) is 5.65. The molecule has 0 aliphatic rings. The Kier molecular flexibility index (Phi) is 4.59. The van der Waals surface area contributed by atoms with Gasteiger partial charge in [0.25, 0.3) is 0 Å². The fourth-order valence-electron chi connectivity index (χ4n) is 1.90. The number of carboxylic acid groups (broad SMARTS) is 1. The van der Waals surface area contributed by atoms with Crippen molar-refractivity contribution in [1.29, 1.82) is 0 Å². The molecule has 0 bridgehead atoms. The normalized spacial score (nSPS) is 11.7. The number of carboxylic acids is 1. The number of benzene rings is 1. The van der Waals surface area contributed by atoms with Crippen LogP contribution in [0.5, 0.6) is 0 Å². The summed E-state index contributed by atoms with van der Waals surface area (Å²) in [4.78, 5) is 24.0. The van der Waals surface area contributed by atoms with Crippen LogP contribution < -0.4 is 10.6 Å². The lowest BCUT2D eigenvalue weighted by atomic mass is 10.1. The maximum absolute atomic E-state index is 11.9. The predicted molar refractivity (Wildman–Crippen MR) is 83.0 cm³/mol. The first-order chi connectivity index (χ1) is 9.97. The largest absolute Gasteiger partial charge is 0.478 e. The molecule has 5 nitrogen and oxygen atoms in total. The highest BCUT2D eigenvalue weighted by atomic mass is 32.1. The van der Waals surface area contributed by atoms with Gasteiger partial charge in [-0.1, -0.05) is 12.1 Å². The number of thiophene rings is 1. The van der Waals surface area contributed by atoms with Gasteiger partial charge in [0.15, 0.2) is 0 Å². The van der Waals surface area contributed by atoms with E-state index in [9.17, 15) is 9.59 Å². The summed E-state index contributed by atoms with van der Waals surface area (Å²) in [5.74, 6) is -1.01. The monoisotopic (exact) mass is 304 g/mol. The van der Waals surface area contributed by atoms with Gasteiger partial charge in [-0.3, -0.25) is 0 Å². The molecule has 1 unspecified atom stereocenters. The molecule has 1 aromatic heterocycles. The minimum Gasteiger partial charge on any atom is -0.478 e. The van der Waals surface area contributed by atoms with E-state index in [-0.39, 0.29) is 17.6 Å². The van der Waals surface area contributed by atoms with Gasteiger partial charge in [0.2, 0.25) is 0 Å². The van der Waals surface area contributed by atoms with Gasteiger partial charge < -0.3 is 15.7 Å². The van der Waals surface area contributed by atoms with E-state index in [1.165, 1.54) is 6.07 Å². The lowest BCUT2D eigenvalue weighted by Gasteiger charge is -2.14. The van der Waals surface area contributed by atoms with Crippen molar-refractivity contribution in [2.24, 2.45) is 0 Å². The maximum Gasteiger partial charge on any atom is 0.336 e. The quantitative estimate of drug-likeness (QED) is 0.807. The third kappa shape index (κ3) is 3.82. The first-order valence-corrected chi connectivity index (χ1v) is 7.30. The molecule has 1 atom stereocenters. The van der Waals surface area contributed by atoms with Gasteiger partial charge in [0, 0.05) is 10.6 Å². The van der Waals surface area contributed by atoms with Crippen LogP contribution in [0.3, 0.4) is 0 Å². The van der Waals surface area contributed by atoms with Crippen LogP contribution in [0.1, 0.15) is 33.8 Å². The van der Waals surface area contributed by atoms with E-state index in [0.717, 1.165) is 4.88 Å². The lowest BCUT2D eigenvalue weighted by molar-refractivity contribution is 0.0696. The molecule has 110 valence electrons. The Morgan fingerprint density at radius 1 is 1.29 bits per heavy atom. The van der Waals surface area contributed by atoms with Crippen molar-refractivity contribution < 1.29 is 14.7 Å². The summed E-state index contributed by atoms with van der Waals surface area (Å²) in [5, 5.41) is 16.5. The molecule has 0 radical (unpaired) electrons. The Hall–Kier alpha value is -2.34. The molecule has 21 heavy (non-hydrogen) atoms. The smallest absolute Gasteiger partial charge is 0.336 e. The number of amides is 2. The SMILES string of the molecule is Cc1ccc(NC(=O)NC(C)c2cccs2)cc1C(=O)O. The van der Waals surface area contributed by atoms with Crippen molar-refractivity contribution >= 4 is 29.0 Å². The van der Waals surface area contributed by atoms with E-state index in [4.69, 9.17) is 5.11 Å². The average molecular weight is 304 g/mol. The Balaban J connectivity index is 2.03. The molecular formula is C15H16N2O3S. The summed E-state index contributed by atoms with van der Waals surface area (Å²) >= 11 is 1.57.